The van der Waals surface area contributed by atoms with E-state index < -0.39 is 5.91 Å². The van der Waals surface area contributed by atoms with Gasteiger partial charge in [-0.25, -0.2) is 4.99 Å². The molecule has 1 amide bonds. The number of benzene rings is 2. The fraction of sp³-hybridized carbons (Fsp3) is 0.0952. The number of phenolic OH excluding ortho intramolecular Hbond substituents is 1. The normalized spacial score (nSPS) is 16.0. The topological polar surface area (TPSA) is 93.3 Å². The van der Waals surface area contributed by atoms with Gasteiger partial charge in [-0.1, -0.05) is 6.07 Å². The molecule has 9 heteroatoms. The molecule has 3 heterocycles. The summed E-state index contributed by atoms with van der Waals surface area (Å²) in [7, 11) is 0. The number of ether oxygens (including phenoxy) is 2. The predicted molar refractivity (Wildman–Crippen MR) is 113 cm³/mol. The Bertz CT molecular complexity index is 1420. The number of fused-ring (bicyclic) bond motifs is 2. The maximum Gasteiger partial charge on any atom is 0.277 e. The van der Waals surface area contributed by atoms with Crippen molar-refractivity contribution < 1.29 is 24.5 Å². The molecule has 7 nitrogen and oxygen atoms in total. The van der Waals surface area contributed by atoms with Gasteiger partial charge in [-0.15, -0.1) is 11.3 Å². The molecule has 0 aliphatic carbocycles. The Hall–Kier alpha value is -3.43. The first-order chi connectivity index (χ1) is 14.5. The van der Waals surface area contributed by atoms with Gasteiger partial charge in [0.1, 0.15) is 19.0 Å². The highest BCUT2D eigenvalue weighted by Gasteiger charge is 2.18. The zero-order valence-electron chi connectivity index (χ0n) is 15.4. The summed E-state index contributed by atoms with van der Waals surface area (Å²) in [4.78, 5) is 17.1. The van der Waals surface area contributed by atoms with E-state index in [0.29, 0.717) is 50.2 Å². The minimum atomic E-state index is -0.429. The first-order valence-electron chi connectivity index (χ1n) is 9.00. The van der Waals surface area contributed by atoms with Crippen molar-refractivity contribution in [2.45, 2.75) is 0 Å². The SMILES string of the molecule is O=C1N=c2cc3c(cc2=C/C1=C/c1sc(=S)n(-c2cccc(O)c2)c1O)OCCO3. The number of thiazole rings is 1. The summed E-state index contributed by atoms with van der Waals surface area (Å²) in [5, 5.41) is 21.7. The molecule has 0 fully saturated rings. The minimum Gasteiger partial charge on any atom is -0.508 e. The van der Waals surface area contributed by atoms with Gasteiger partial charge in [0.15, 0.2) is 15.5 Å². The van der Waals surface area contributed by atoms with Gasteiger partial charge in [0.2, 0.25) is 5.88 Å². The van der Waals surface area contributed by atoms with Crippen molar-refractivity contribution in [1.29, 1.82) is 0 Å². The summed E-state index contributed by atoms with van der Waals surface area (Å²) in [6, 6.07) is 9.87. The number of aromatic hydroxyl groups is 2. The predicted octanol–water partition coefficient (Wildman–Crippen LogP) is 2.47. The molecule has 30 heavy (non-hydrogen) atoms. The van der Waals surface area contributed by atoms with E-state index in [0.717, 1.165) is 16.6 Å². The molecule has 3 aromatic rings. The van der Waals surface area contributed by atoms with E-state index in [4.69, 9.17) is 21.7 Å². The molecule has 0 saturated heterocycles. The quantitative estimate of drug-likeness (QED) is 0.472. The highest BCUT2D eigenvalue weighted by Crippen LogP contribution is 2.33. The highest BCUT2D eigenvalue weighted by molar-refractivity contribution is 7.73. The van der Waals surface area contributed by atoms with Gasteiger partial charge in [0.25, 0.3) is 5.91 Å². The van der Waals surface area contributed by atoms with E-state index >= 15 is 0 Å². The smallest absolute Gasteiger partial charge is 0.277 e. The van der Waals surface area contributed by atoms with E-state index in [1.807, 2.05) is 0 Å². The van der Waals surface area contributed by atoms with Gasteiger partial charge in [0.05, 0.1) is 15.9 Å². The highest BCUT2D eigenvalue weighted by atomic mass is 32.1. The molecule has 5 rings (SSSR count). The number of amides is 1. The largest absolute Gasteiger partial charge is 0.508 e. The lowest BCUT2D eigenvalue weighted by Crippen LogP contribution is -2.32. The zero-order chi connectivity index (χ0) is 20.8. The lowest BCUT2D eigenvalue weighted by molar-refractivity contribution is -0.114. The number of hydrogen-bond donors (Lipinski definition) is 2. The Labute approximate surface area is 179 Å². The van der Waals surface area contributed by atoms with Crippen LogP contribution in [0.3, 0.4) is 0 Å². The first-order valence-corrected chi connectivity index (χ1v) is 10.2. The Balaban J connectivity index is 1.61. The number of phenols is 1. The van der Waals surface area contributed by atoms with Crippen LogP contribution in [0.25, 0.3) is 17.8 Å². The van der Waals surface area contributed by atoms with E-state index in [9.17, 15) is 15.0 Å². The van der Waals surface area contributed by atoms with Crippen LogP contribution in [0.1, 0.15) is 4.88 Å². The van der Waals surface area contributed by atoms with Gasteiger partial charge in [-0.2, -0.15) is 0 Å². The van der Waals surface area contributed by atoms with Gasteiger partial charge in [-0.05, 0) is 42.6 Å². The maximum absolute atomic E-state index is 12.6. The van der Waals surface area contributed by atoms with Crippen LogP contribution in [0.4, 0.5) is 0 Å². The molecular weight excluding hydrogens is 424 g/mol. The van der Waals surface area contributed by atoms with Crippen LogP contribution in [0, 0.1) is 3.95 Å². The second kappa shape index (κ2) is 7.12. The molecule has 0 radical (unpaired) electrons. The summed E-state index contributed by atoms with van der Waals surface area (Å²) in [6.07, 6.45) is 3.25. The second-order valence-corrected chi connectivity index (χ2v) is 8.30. The summed E-state index contributed by atoms with van der Waals surface area (Å²) < 4.78 is 13.0. The van der Waals surface area contributed by atoms with Gasteiger partial charge in [-0.3, -0.25) is 9.36 Å². The third-order valence-corrected chi connectivity index (χ3v) is 5.97. The molecule has 2 aliphatic rings. The molecule has 1 aromatic heterocycles. The Morgan fingerprint density at radius 1 is 1.13 bits per heavy atom. The van der Waals surface area contributed by atoms with E-state index in [1.165, 1.54) is 16.7 Å². The van der Waals surface area contributed by atoms with Crippen molar-refractivity contribution in [1.82, 2.24) is 4.57 Å². The van der Waals surface area contributed by atoms with Crippen molar-refractivity contribution >= 4 is 41.6 Å². The van der Waals surface area contributed by atoms with Crippen LogP contribution in [0.5, 0.6) is 23.1 Å². The summed E-state index contributed by atoms with van der Waals surface area (Å²) in [6.45, 7) is 0.916. The third kappa shape index (κ3) is 3.17. The number of nitrogens with zero attached hydrogens (tertiary/aromatic N) is 2. The fourth-order valence-electron chi connectivity index (χ4n) is 3.29. The van der Waals surface area contributed by atoms with E-state index in [2.05, 4.69) is 4.99 Å². The molecule has 0 spiro atoms. The van der Waals surface area contributed by atoms with Crippen molar-refractivity contribution in [2.75, 3.05) is 13.2 Å². The van der Waals surface area contributed by atoms with Crippen LogP contribution in [-0.2, 0) is 4.79 Å². The molecule has 2 aliphatic heterocycles. The maximum atomic E-state index is 12.6. The van der Waals surface area contributed by atoms with Crippen LogP contribution >= 0.6 is 23.6 Å². The molecule has 2 aromatic carbocycles. The standard InChI is InChI=1S/C21H14N2O5S2/c24-14-3-1-2-13(9-14)23-20(26)18(30-21(23)29)8-12-6-11-7-16-17(28-5-4-27-16)10-15(11)22-19(12)25/h1-3,6-10,24,26H,4-5H2/b12-8-. The van der Waals surface area contributed by atoms with Gasteiger partial charge in [0, 0.05) is 22.9 Å². The Morgan fingerprint density at radius 2 is 1.90 bits per heavy atom. The van der Waals surface area contributed by atoms with Crippen molar-refractivity contribution in [2.24, 2.45) is 4.99 Å². The molecule has 0 unspecified atom stereocenters. The molecular formula is C21H14N2O5S2. The number of rotatable bonds is 2. The van der Waals surface area contributed by atoms with Crippen molar-refractivity contribution in [3.8, 4) is 28.8 Å². The van der Waals surface area contributed by atoms with Crippen LogP contribution in [0.2, 0.25) is 0 Å². The Kier molecular flexibility index (Phi) is 4.41. The van der Waals surface area contributed by atoms with Crippen LogP contribution in [0.15, 0.2) is 47.0 Å². The number of hydrogen-bond acceptors (Lipinski definition) is 7. The molecule has 2 N–H and O–H groups in total. The molecule has 0 atom stereocenters. The lowest BCUT2D eigenvalue weighted by atomic mass is 10.1. The average Bonchev–Trinajstić information content (AvgIpc) is 3.00. The lowest BCUT2D eigenvalue weighted by Gasteiger charge is -2.18. The van der Waals surface area contributed by atoms with Crippen molar-refractivity contribution in [3.05, 3.63) is 61.4 Å². The summed E-state index contributed by atoms with van der Waals surface area (Å²) in [5.41, 5.74) is 0.838. The van der Waals surface area contributed by atoms with Crippen LogP contribution in [-0.4, -0.2) is 33.9 Å². The average molecular weight is 438 g/mol. The third-order valence-electron chi connectivity index (χ3n) is 4.66. The molecule has 150 valence electrons. The zero-order valence-corrected chi connectivity index (χ0v) is 17.0. The first kappa shape index (κ1) is 18.6. The van der Waals surface area contributed by atoms with Crippen molar-refractivity contribution in [3.63, 3.8) is 0 Å². The number of aromatic nitrogens is 1. The monoisotopic (exact) mass is 438 g/mol. The number of carbonyl (C=O) groups is 1. The van der Waals surface area contributed by atoms with E-state index in [1.54, 1.807) is 36.4 Å². The summed E-state index contributed by atoms with van der Waals surface area (Å²) in [5.74, 6) is 0.685. The molecule has 0 saturated carbocycles. The van der Waals surface area contributed by atoms with E-state index in [-0.39, 0.29) is 11.6 Å². The van der Waals surface area contributed by atoms with Gasteiger partial charge < -0.3 is 19.7 Å². The summed E-state index contributed by atoms with van der Waals surface area (Å²) >= 11 is 6.53. The fourth-order valence-corrected chi connectivity index (χ4v) is 4.59. The minimum absolute atomic E-state index is 0.0561. The Morgan fingerprint density at radius 3 is 2.67 bits per heavy atom. The van der Waals surface area contributed by atoms with Crippen LogP contribution < -0.4 is 20.0 Å². The number of carbonyl (C=O) groups excluding carboxylic acids is 1. The second-order valence-electron chi connectivity index (χ2n) is 6.63. The van der Waals surface area contributed by atoms with Gasteiger partial charge >= 0.3 is 0 Å². The molecule has 0 bridgehead atoms.